The van der Waals surface area contributed by atoms with Crippen LogP contribution in [0.4, 0.5) is 10.2 Å². The third kappa shape index (κ3) is 3.57. The fraction of sp³-hybridized carbons (Fsp3) is 0.294. The Morgan fingerprint density at radius 2 is 2.08 bits per heavy atom. The molecule has 1 unspecified atom stereocenters. The van der Waals surface area contributed by atoms with Crippen LogP contribution in [0, 0.1) is 5.82 Å². The minimum absolute atomic E-state index is 0.261. The molecular weight excluding hydrogens is 325 g/mol. The Kier molecular flexibility index (Phi) is 4.87. The second-order valence-corrected chi connectivity index (χ2v) is 5.67. The van der Waals surface area contributed by atoms with Gasteiger partial charge in [-0.3, -0.25) is 0 Å². The van der Waals surface area contributed by atoms with Gasteiger partial charge in [-0.1, -0.05) is 31.9 Å². The van der Waals surface area contributed by atoms with Gasteiger partial charge in [0.25, 0.3) is 0 Å². The van der Waals surface area contributed by atoms with Crippen LogP contribution in [0.2, 0.25) is 0 Å². The Hall–Kier alpha value is -3.03. The fourth-order valence-electron chi connectivity index (χ4n) is 2.52. The molecule has 3 rings (SSSR count). The first-order valence-corrected chi connectivity index (χ1v) is 8.07. The molecule has 0 aliphatic carbocycles. The monoisotopic (exact) mass is 343 g/mol. The first-order valence-electron chi connectivity index (χ1n) is 8.07. The van der Waals surface area contributed by atoms with Crippen LogP contribution in [0.25, 0.3) is 17.0 Å². The summed E-state index contributed by atoms with van der Waals surface area (Å²) in [5.74, 6) is -0.734. The molecule has 8 heteroatoms. The van der Waals surface area contributed by atoms with Gasteiger partial charge in [-0.15, -0.1) is 15.3 Å². The number of aliphatic carboxylic acids is 1. The summed E-state index contributed by atoms with van der Waals surface area (Å²) < 4.78 is 15.4. The van der Waals surface area contributed by atoms with E-state index in [1.54, 1.807) is 30.3 Å². The fourth-order valence-corrected chi connectivity index (χ4v) is 2.52. The number of rotatable bonds is 7. The van der Waals surface area contributed by atoms with E-state index >= 15 is 0 Å². The van der Waals surface area contributed by atoms with Gasteiger partial charge in [-0.2, -0.15) is 4.52 Å². The van der Waals surface area contributed by atoms with Crippen molar-refractivity contribution in [3.8, 4) is 11.4 Å². The van der Waals surface area contributed by atoms with Crippen molar-refractivity contribution in [1.29, 1.82) is 0 Å². The molecule has 2 heterocycles. The Morgan fingerprint density at radius 1 is 1.28 bits per heavy atom. The molecule has 0 bridgehead atoms. The van der Waals surface area contributed by atoms with Crippen LogP contribution in [0.1, 0.15) is 26.2 Å². The van der Waals surface area contributed by atoms with E-state index in [2.05, 4.69) is 20.6 Å². The van der Waals surface area contributed by atoms with Crippen molar-refractivity contribution in [2.24, 2.45) is 0 Å². The highest BCUT2D eigenvalue weighted by molar-refractivity contribution is 5.76. The average molecular weight is 343 g/mol. The van der Waals surface area contributed by atoms with Crippen LogP contribution in [-0.2, 0) is 4.79 Å². The molecule has 0 aliphatic rings. The van der Waals surface area contributed by atoms with Crippen molar-refractivity contribution in [1.82, 2.24) is 19.8 Å². The number of nitrogens with one attached hydrogen (secondary N) is 1. The molecule has 0 radical (unpaired) electrons. The maximum absolute atomic E-state index is 14.0. The van der Waals surface area contributed by atoms with Gasteiger partial charge >= 0.3 is 5.97 Å². The van der Waals surface area contributed by atoms with Gasteiger partial charge in [-0.25, -0.2) is 9.18 Å². The Bertz CT molecular complexity index is 896. The van der Waals surface area contributed by atoms with E-state index in [9.17, 15) is 14.3 Å². The van der Waals surface area contributed by atoms with E-state index in [-0.39, 0.29) is 11.4 Å². The molecule has 130 valence electrons. The number of fused-ring (bicyclic) bond motifs is 1. The standard InChI is InChI=1S/C17H18FN5O2/c1-2-3-8-13(17(24)25)19-14-9-10-15-20-21-16(23(15)22-14)11-6-4-5-7-12(11)18/h4-7,9-10,13H,2-3,8H2,1H3,(H,19,22)(H,24,25). The molecular formula is C17H18FN5O2. The van der Waals surface area contributed by atoms with Gasteiger partial charge < -0.3 is 10.4 Å². The lowest BCUT2D eigenvalue weighted by molar-refractivity contribution is -0.138. The third-order valence-corrected chi connectivity index (χ3v) is 3.84. The van der Waals surface area contributed by atoms with Crippen molar-refractivity contribution in [3.63, 3.8) is 0 Å². The predicted octanol–water partition coefficient (Wildman–Crippen LogP) is 2.99. The molecule has 0 aliphatic heterocycles. The van der Waals surface area contributed by atoms with E-state index < -0.39 is 17.8 Å². The van der Waals surface area contributed by atoms with Gasteiger partial charge in [0.05, 0.1) is 5.56 Å². The zero-order chi connectivity index (χ0) is 17.8. The number of carbonyl (C=O) groups is 1. The summed E-state index contributed by atoms with van der Waals surface area (Å²) in [6.45, 7) is 2.00. The highest BCUT2D eigenvalue weighted by Crippen LogP contribution is 2.21. The zero-order valence-corrected chi connectivity index (χ0v) is 13.7. The number of anilines is 1. The molecule has 0 fully saturated rings. The largest absolute Gasteiger partial charge is 0.480 e. The number of hydrogen-bond donors (Lipinski definition) is 2. The van der Waals surface area contributed by atoms with Crippen molar-refractivity contribution in [2.75, 3.05) is 5.32 Å². The first-order chi connectivity index (χ1) is 12.1. The van der Waals surface area contributed by atoms with Crippen LogP contribution in [0.3, 0.4) is 0 Å². The molecule has 1 atom stereocenters. The lowest BCUT2D eigenvalue weighted by atomic mass is 10.1. The third-order valence-electron chi connectivity index (χ3n) is 3.84. The second-order valence-electron chi connectivity index (χ2n) is 5.67. The van der Waals surface area contributed by atoms with Gasteiger partial charge in [0.15, 0.2) is 11.5 Å². The van der Waals surface area contributed by atoms with Crippen LogP contribution in [-0.4, -0.2) is 36.9 Å². The van der Waals surface area contributed by atoms with Gasteiger partial charge in [-0.05, 0) is 30.7 Å². The van der Waals surface area contributed by atoms with E-state index in [0.29, 0.717) is 17.9 Å². The van der Waals surface area contributed by atoms with Gasteiger partial charge in [0.1, 0.15) is 17.7 Å². The summed E-state index contributed by atoms with van der Waals surface area (Å²) in [6.07, 6.45) is 2.19. The Balaban J connectivity index is 1.95. The van der Waals surface area contributed by atoms with Crippen molar-refractivity contribution < 1.29 is 14.3 Å². The first kappa shape index (κ1) is 16.8. The number of unbranched alkanes of at least 4 members (excludes halogenated alkanes) is 1. The second kappa shape index (κ2) is 7.25. The van der Waals surface area contributed by atoms with Crippen LogP contribution >= 0.6 is 0 Å². The molecule has 25 heavy (non-hydrogen) atoms. The summed E-state index contributed by atoms with van der Waals surface area (Å²) >= 11 is 0. The maximum Gasteiger partial charge on any atom is 0.326 e. The smallest absolute Gasteiger partial charge is 0.326 e. The summed E-state index contributed by atoms with van der Waals surface area (Å²) in [6, 6.07) is 8.78. The van der Waals surface area contributed by atoms with Crippen molar-refractivity contribution >= 4 is 17.4 Å². The van der Waals surface area contributed by atoms with E-state index in [1.807, 2.05) is 6.92 Å². The van der Waals surface area contributed by atoms with Crippen molar-refractivity contribution in [3.05, 3.63) is 42.2 Å². The predicted molar refractivity (Wildman–Crippen MR) is 90.7 cm³/mol. The molecule has 0 saturated carbocycles. The normalized spacial score (nSPS) is 12.2. The summed E-state index contributed by atoms with van der Waals surface area (Å²) in [5, 5.41) is 24.6. The molecule has 0 spiro atoms. The molecule has 3 aromatic rings. The minimum atomic E-state index is -0.937. The van der Waals surface area contributed by atoms with E-state index in [1.165, 1.54) is 10.6 Å². The average Bonchev–Trinajstić information content (AvgIpc) is 3.02. The number of halogens is 1. The summed E-state index contributed by atoms with van der Waals surface area (Å²) in [5.41, 5.74) is 0.727. The zero-order valence-electron chi connectivity index (χ0n) is 13.7. The molecule has 7 nitrogen and oxygen atoms in total. The Morgan fingerprint density at radius 3 is 2.80 bits per heavy atom. The highest BCUT2D eigenvalue weighted by Gasteiger charge is 2.18. The minimum Gasteiger partial charge on any atom is -0.480 e. The lowest BCUT2D eigenvalue weighted by Crippen LogP contribution is -2.29. The number of benzene rings is 1. The summed E-state index contributed by atoms with van der Waals surface area (Å²) in [4.78, 5) is 11.4. The van der Waals surface area contributed by atoms with E-state index in [4.69, 9.17) is 0 Å². The van der Waals surface area contributed by atoms with E-state index in [0.717, 1.165) is 12.8 Å². The van der Waals surface area contributed by atoms with Crippen LogP contribution in [0.15, 0.2) is 36.4 Å². The summed E-state index contributed by atoms with van der Waals surface area (Å²) in [7, 11) is 0. The molecule has 2 N–H and O–H groups in total. The van der Waals surface area contributed by atoms with Crippen molar-refractivity contribution in [2.45, 2.75) is 32.2 Å². The molecule has 0 saturated heterocycles. The van der Waals surface area contributed by atoms with Crippen LogP contribution in [0.5, 0.6) is 0 Å². The number of hydrogen-bond acceptors (Lipinski definition) is 5. The highest BCUT2D eigenvalue weighted by atomic mass is 19.1. The topological polar surface area (TPSA) is 92.4 Å². The Labute approximate surface area is 143 Å². The maximum atomic E-state index is 14.0. The quantitative estimate of drug-likeness (QED) is 0.685. The number of carboxylic acid groups (broad SMARTS) is 1. The van der Waals surface area contributed by atoms with Gasteiger partial charge in [0, 0.05) is 0 Å². The molecule has 0 amide bonds. The van der Waals surface area contributed by atoms with Crippen LogP contribution < -0.4 is 5.32 Å². The SMILES string of the molecule is CCCCC(Nc1ccc2nnc(-c3ccccc3F)n2n1)C(=O)O. The molecule has 1 aromatic carbocycles. The van der Waals surface area contributed by atoms with Gasteiger partial charge in [0.2, 0.25) is 0 Å². The molecule has 2 aromatic heterocycles. The number of aromatic nitrogens is 4. The lowest BCUT2D eigenvalue weighted by Gasteiger charge is -2.14. The number of carboxylic acids is 1. The number of nitrogens with zero attached hydrogens (tertiary/aromatic N) is 4.